The van der Waals surface area contributed by atoms with Gasteiger partial charge in [0.25, 0.3) is 0 Å². The number of para-hydroxylation sites is 1. The van der Waals surface area contributed by atoms with E-state index >= 15 is 0 Å². The molecule has 0 aliphatic carbocycles. The molecule has 5 nitrogen and oxygen atoms in total. The zero-order chi connectivity index (χ0) is 14.9. The number of hydrogen-bond donors (Lipinski definition) is 1. The summed E-state index contributed by atoms with van der Waals surface area (Å²) >= 11 is 0. The van der Waals surface area contributed by atoms with Gasteiger partial charge in [0.05, 0.1) is 12.3 Å². The fraction of sp³-hybridized carbons (Fsp3) is 0.500. The summed E-state index contributed by atoms with van der Waals surface area (Å²) in [5, 5.41) is 12.8. The van der Waals surface area contributed by atoms with Crippen molar-refractivity contribution in [1.29, 1.82) is 0 Å². The Morgan fingerprint density at radius 3 is 3.00 bits per heavy atom. The standard InChI is InChI=1S/C16H21NO4/c18-16(19)10-2-1-5-12-21-17-14-8-6-11-20-15-9-4-3-7-13(14)15/h3-4,7,9H,1-2,5-6,8,10-12H2,(H,18,19)/b17-14-. The molecule has 0 fully saturated rings. The van der Waals surface area contributed by atoms with Crippen molar-refractivity contribution in [3.05, 3.63) is 29.8 Å². The maximum Gasteiger partial charge on any atom is 0.303 e. The first-order chi connectivity index (χ1) is 10.3. The summed E-state index contributed by atoms with van der Waals surface area (Å²) in [6, 6.07) is 7.86. The highest BCUT2D eigenvalue weighted by Crippen LogP contribution is 2.24. The molecule has 1 aliphatic heterocycles. The van der Waals surface area contributed by atoms with Gasteiger partial charge in [0.1, 0.15) is 12.4 Å². The number of oxime groups is 1. The molecule has 5 heteroatoms. The normalized spacial score (nSPS) is 15.9. The Kier molecular flexibility index (Phi) is 6.06. The summed E-state index contributed by atoms with van der Waals surface area (Å²) in [4.78, 5) is 15.8. The van der Waals surface area contributed by atoms with E-state index in [0.717, 1.165) is 42.7 Å². The smallest absolute Gasteiger partial charge is 0.303 e. The molecule has 0 saturated carbocycles. The second kappa shape index (κ2) is 8.29. The summed E-state index contributed by atoms with van der Waals surface area (Å²) in [7, 11) is 0. The first kappa shape index (κ1) is 15.4. The van der Waals surface area contributed by atoms with E-state index < -0.39 is 5.97 Å². The lowest BCUT2D eigenvalue weighted by Gasteiger charge is -2.07. The van der Waals surface area contributed by atoms with Crippen LogP contribution in [0.5, 0.6) is 5.75 Å². The van der Waals surface area contributed by atoms with Crippen LogP contribution in [0.4, 0.5) is 0 Å². The summed E-state index contributed by atoms with van der Waals surface area (Å²) in [6.07, 6.45) is 4.34. The van der Waals surface area contributed by atoms with Crippen molar-refractivity contribution in [3.8, 4) is 5.75 Å². The minimum atomic E-state index is -0.744. The molecule has 0 radical (unpaired) electrons. The number of rotatable bonds is 7. The highest BCUT2D eigenvalue weighted by molar-refractivity contribution is 6.02. The predicted octanol–water partition coefficient (Wildman–Crippen LogP) is 3.22. The monoisotopic (exact) mass is 291 g/mol. The molecule has 0 unspecified atom stereocenters. The van der Waals surface area contributed by atoms with Crippen molar-refractivity contribution in [2.24, 2.45) is 5.16 Å². The van der Waals surface area contributed by atoms with Crippen molar-refractivity contribution < 1.29 is 19.5 Å². The Hall–Kier alpha value is -2.04. The van der Waals surface area contributed by atoms with E-state index in [4.69, 9.17) is 14.7 Å². The summed E-state index contributed by atoms with van der Waals surface area (Å²) in [6.45, 7) is 1.22. The molecule has 2 rings (SSSR count). The molecular formula is C16H21NO4. The number of ether oxygens (including phenoxy) is 1. The first-order valence-electron chi connectivity index (χ1n) is 7.40. The number of hydrogen-bond acceptors (Lipinski definition) is 4. The molecule has 0 amide bonds. The minimum absolute atomic E-state index is 0.221. The lowest BCUT2D eigenvalue weighted by molar-refractivity contribution is -0.137. The van der Waals surface area contributed by atoms with Gasteiger partial charge in [-0.3, -0.25) is 4.79 Å². The van der Waals surface area contributed by atoms with Gasteiger partial charge in [0.2, 0.25) is 0 Å². The molecule has 0 atom stereocenters. The fourth-order valence-corrected chi connectivity index (χ4v) is 2.23. The van der Waals surface area contributed by atoms with E-state index in [2.05, 4.69) is 5.16 Å². The van der Waals surface area contributed by atoms with Crippen LogP contribution in [0.25, 0.3) is 0 Å². The average molecular weight is 291 g/mol. The fourth-order valence-electron chi connectivity index (χ4n) is 2.23. The molecule has 1 aromatic carbocycles. The number of benzene rings is 1. The van der Waals surface area contributed by atoms with Crippen molar-refractivity contribution in [1.82, 2.24) is 0 Å². The molecule has 1 N–H and O–H groups in total. The maximum atomic E-state index is 10.4. The molecule has 1 aliphatic rings. The van der Waals surface area contributed by atoms with Crippen LogP contribution in [0.15, 0.2) is 29.4 Å². The Morgan fingerprint density at radius 1 is 1.29 bits per heavy atom. The van der Waals surface area contributed by atoms with Crippen molar-refractivity contribution in [2.75, 3.05) is 13.2 Å². The highest BCUT2D eigenvalue weighted by atomic mass is 16.6. The molecular weight excluding hydrogens is 270 g/mol. The van der Waals surface area contributed by atoms with E-state index in [1.807, 2.05) is 24.3 Å². The zero-order valence-corrected chi connectivity index (χ0v) is 12.1. The van der Waals surface area contributed by atoms with Gasteiger partial charge in [-0.05, 0) is 44.2 Å². The van der Waals surface area contributed by atoms with Gasteiger partial charge in [0, 0.05) is 12.0 Å². The van der Waals surface area contributed by atoms with Crippen LogP contribution in [0.1, 0.15) is 44.1 Å². The number of carboxylic acids is 1. The number of carbonyl (C=O) groups is 1. The molecule has 0 bridgehead atoms. The van der Waals surface area contributed by atoms with Crippen LogP contribution in [0, 0.1) is 0 Å². The highest BCUT2D eigenvalue weighted by Gasteiger charge is 2.14. The molecule has 0 aromatic heterocycles. The maximum absolute atomic E-state index is 10.4. The first-order valence-corrected chi connectivity index (χ1v) is 7.40. The Balaban J connectivity index is 1.80. The van der Waals surface area contributed by atoms with E-state index in [1.54, 1.807) is 0 Å². The van der Waals surface area contributed by atoms with Crippen LogP contribution in [-0.2, 0) is 9.63 Å². The summed E-state index contributed by atoms with van der Waals surface area (Å²) in [5.74, 6) is 0.116. The molecule has 1 heterocycles. The van der Waals surface area contributed by atoms with Crippen molar-refractivity contribution in [3.63, 3.8) is 0 Å². The topological polar surface area (TPSA) is 68.1 Å². The van der Waals surface area contributed by atoms with Gasteiger partial charge in [-0.2, -0.15) is 0 Å². The largest absolute Gasteiger partial charge is 0.493 e. The third-order valence-corrected chi connectivity index (χ3v) is 3.31. The van der Waals surface area contributed by atoms with E-state index in [1.165, 1.54) is 0 Å². The second-order valence-corrected chi connectivity index (χ2v) is 5.02. The SMILES string of the molecule is O=C(O)CCCCCO/N=C1/CCCOc2ccccc21. The van der Waals surface area contributed by atoms with Gasteiger partial charge in [0.15, 0.2) is 0 Å². The van der Waals surface area contributed by atoms with Crippen LogP contribution < -0.4 is 4.74 Å². The summed E-state index contributed by atoms with van der Waals surface area (Å²) in [5.41, 5.74) is 1.93. The van der Waals surface area contributed by atoms with E-state index in [9.17, 15) is 4.79 Å². The average Bonchev–Trinajstić information content (AvgIpc) is 2.68. The lowest BCUT2D eigenvalue weighted by atomic mass is 10.1. The Labute approximate surface area is 124 Å². The van der Waals surface area contributed by atoms with Gasteiger partial charge in [-0.25, -0.2) is 0 Å². The zero-order valence-electron chi connectivity index (χ0n) is 12.1. The number of nitrogens with zero attached hydrogens (tertiary/aromatic N) is 1. The van der Waals surface area contributed by atoms with Gasteiger partial charge < -0.3 is 14.7 Å². The molecule has 114 valence electrons. The second-order valence-electron chi connectivity index (χ2n) is 5.02. The lowest BCUT2D eigenvalue weighted by Crippen LogP contribution is -2.02. The quantitative estimate of drug-likeness (QED) is 0.618. The van der Waals surface area contributed by atoms with Gasteiger partial charge >= 0.3 is 5.97 Å². The molecule has 0 spiro atoms. The number of aliphatic carboxylic acids is 1. The number of unbranched alkanes of at least 4 members (excludes halogenated alkanes) is 2. The number of carboxylic acid groups (broad SMARTS) is 1. The van der Waals surface area contributed by atoms with Crippen molar-refractivity contribution in [2.45, 2.75) is 38.5 Å². The van der Waals surface area contributed by atoms with Crippen LogP contribution in [-0.4, -0.2) is 30.0 Å². The third-order valence-electron chi connectivity index (χ3n) is 3.31. The van der Waals surface area contributed by atoms with Gasteiger partial charge in [-0.1, -0.05) is 17.3 Å². The molecule has 21 heavy (non-hydrogen) atoms. The van der Waals surface area contributed by atoms with E-state index in [0.29, 0.717) is 19.6 Å². The number of fused-ring (bicyclic) bond motifs is 1. The summed E-state index contributed by atoms with van der Waals surface area (Å²) < 4.78 is 5.67. The van der Waals surface area contributed by atoms with Crippen molar-refractivity contribution >= 4 is 11.7 Å². The Morgan fingerprint density at radius 2 is 2.14 bits per heavy atom. The molecule has 1 aromatic rings. The van der Waals surface area contributed by atoms with Crippen LogP contribution in [0.2, 0.25) is 0 Å². The van der Waals surface area contributed by atoms with E-state index in [-0.39, 0.29) is 6.42 Å². The Bertz CT molecular complexity index is 499. The minimum Gasteiger partial charge on any atom is -0.493 e. The van der Waals surface area contributed by atoms with Crippen LogP contribution >= 0.6 is 0 Å². The van der Waals surface area contributed by atoms with Crippen LogP contribution in [0.3, 0.4) is 0 Å². The van der Waals surface area contributed by atoms with Gasteiger partial charge in [-0.15, -0.1) is 0 Å². The molecule has 0 saturated heterocycles. The predicted molar refractivity (Wildman–Crippen MR) is 79.8 cm³/mol. The third kappa shape index (κ3) is 5.10.